The van der Waals surface area contributed by atoms with Crippen LogP contribution >= 0.6 is 27.5 Å². The van der Waals surface area contributed by atoms with Gasteiger partial charge in [-0.1, -0.05) is 15.9 Å². The van der Waals surface area contributed by atoms with Crippen LogP contribution in [0.5, 0.6) is 0 Å². The Hall–Kier alpha value is -0.580. The highest BCUT2D eigenvalue weighted by atomic mass is 79.9. The Bertz CT molecular complexity index is 398. The number of hydrogen-bond donors (Lipinski definition) is 1. The van der Waals surface area contributed by atoms with Gasteiger partial charge in [0.2, 0.25) is 0 Å². The average Bonchev–Trinajstić information content (AvgIpc) is 2.26. The molecule has 1 atom stereocenters. The Balaban J connectivity index is 2.58. The number of methoxy groups -OCH3 is 1. The predicted molar refractivity (Wildman–Crippen MR) is 72.7 cm³/mol. The molecular weight excluding hydrogens is 305 g/mol. The summed E-state index contributed by atoms with van der Waals surface area (Å²) >= 11 is 9.29. The molecule has 0 saturated carbocycles. The van der Waals surface area contributed by atoms with Crippen molar-refractivity contribution in [3.8, 4) is 0 Å². The average molecular weight is 321 g/mol. The Morgan fingerprint density at radius 3 is 2.88 bits per heavy atom. The Morgan fingerprint density at radius 2 is 2.29 bits per heavy atom. The lowest BCUT2D eigenvalue weighted by molar-refractivity contribution is 0.0948. The zero-order valence-corrected chi connectivity index (χ0v) is 12.1. The molecule has 1 unspecified atom stereocenters. The van der Waals surface area contributed by atoms with E-state index in [1.54, 1.807) is 13.2 Å². The van der Waals surface area contributed by atoms with Crippen molar-refractivity contribution in [2.45, 2.75) is 12.3 Å². The lowest BCUT2D eigenvalue weighted by atomic mass is 10.1. The van der Waals surface area contributed by atoms with Crippen molar-refractivity contribution in [1.82, 2.24) is 5.32 Å². The van der Waals surface area contributed by atoms with Gasteiger partial charge in [0.05, 0.1) is 12.0 Å². The van der Waals surface area contributed by atoms with E-state index < -0.39 is 0 Å². The van der Waals surface area contributed by atoms with Crippen molar-refractivity contribution in [2.75, 3.05) is 20.3 Å². The molecule has 1 N–H and O–H groups in total. The fourth-order valence-corrected chi connectivity index (χ4v) is 2.10. The van der Waals surface area contributed by atoms with E-state index >= 15 is 0 Å². The highest BCUT2D eigenvalue weighted by Gasteiger charge is 2.11. The molecule has 0 fully saturated rings. The standard InChI is InChI=1S/C12H15BrClNO2/c1-8-5-9(13)3-4-11(8)12(16)15-6-10(14)7-17-2/h3-5,10H,6-7H2,1-2H3,(H,15,16). The first-order chi connectivity index (χ1) is 8.04. The van der Waals surface area contributed by atoms with Gasteiger partial charge in [-0.15, -0.1) is 11.6 Å². The van der Waals surface area contributed by atoms with Gasteiger partial charge in [0.1, 0.15) is 0 Å². The maximum atomic E-state index is 11.9. The second kappa shape index (κ2) is 6.99. The SMILES string of the molecule is COCC(Cl)CNC(=O)c1ccc(Br)cc1C. The number of nitrogens with one attached hydrogen (secondary N) is 1. The Morgan fingerprint density at radius 1 is 1.59 bits per heavy atom. The van der Waals surface area contributed by atoms with Crippen LogP contribution in [-0.4, -0.2) is 31.5 Å². The van der Waals surface area contributed by atoms with Crippen LogP contribution in [0.2, 0.25) is 0 Å². The Labute approximate surface area is 115 Å². The zero-order chi connectivity index (χ0) is 12.8. The molecular formula is C12H15BrClNO2. The van der Waals surface area contributed by atoms with E-state index in [4.69, 9.17) is 16.3 Å². The summed E-state index contributed by atoms with van der Waals surface area (Å²) in [6.45, 7) is 2.71. The zero-order valence-electron chi connectivity index (χ0n) is 9.80. The molecule has 3 nitrogen and oxygen atoms in total. The van der Waals surface area contributed by atoms with E-state index in [9.17, 15) is 4.79 Å². The summed E-state index contributed by atoms with van der Waals surface area (Å²) in [6, 6.07) is 5.53. The van der Waals surface area contributed by atoms with E-state index in [0.29, 0.717) is 18.7 Å². The third-order valence-corrected chi connectivity index (χ3v) is 3.04. The van der Waals surface area contributed by atoms with Gasteiger partial charge >= 0.3 is 0 Å². The Kier molecular flexibility index (Phi) is 5.95. The number of halogens is 2. The largest absolute Gasteiger partial charge is 0.383 e. The fourth-order valence-electron chi connectivity index (χ4n) is 1.42. The van der Waals surface area contributed by atoms with Crippen molar-refractivity contribution < 1.29 is 9.53 Å². The van der Waals surface area contributed by atoms with Crippen LogP contribution < -0.4 is 5.32 Å². The molecule has 0 spiro atoms. The molecule has 0 aliphatic carbocycles. The number of carbonyl (C=O) groups excluding carboxylic acids is 1. The molecule has 0 aliphatic heterocycles. The summed E-state index contributed by atoms with van der Waals surface area (Å²) in [5.41, 5.74) is 1.59. The molecule has 1 rings (SSSR count). The minimum Gasteiger partial charge on any atom is -0.383 e. The van der Waals surface area contributed by atoms with Gasteiger partial charge in [0.25, 0.3) is 5.91 Å². The number of benzene rings is 1. The maximum absolute atomic E-state index is 11.9. The van der Waals surface area contributed by atoms with E-state index in [0.717, 1.165) is 10.0 Å². The van der Waals surface area contributed by atoms with Gasteiger partial charge in [-0.25, -0.2) is 0 Å². The summed E-state index contributed by atoms with van der Waals surface area (Å²) in [5.74, 6) is -0.114. The van der Waals surface area contributed by atoms with Crippen LogP contribution in [0.1, 0.15) is 15.9 Å². The van der Waals surface area contributed by atoms with Crippen LogP contribution in [0, 0.1) is 6.92 Å². The molecule has 0 heterocycles. The number of amides is 1. The number of carbonyl (C=O) groups is 1. The molecule has 0 aromatic heterocycles. The highest BCUT2D eigenvalue weighted by molar-refractivity contribution is 9.10. The highest BCUT2D eigenvalue weighted by Crippen LogP contribution is 2.15. The molecule has 94 valence electrons. The first-order valence-electron chi connectivity index (χ1n) is 5.22. The number of rotatable bonds is 5. The minimum atomic E-state index is -0.209. The first-order valence-corrected chi connectivity index (χ1v) is 6.45. The van der Waals surface area contributed by atoms with Gasteiger partial charge < -0.3 is 10.1 Å². The summed E-state index contributed by atoms with van der Waals surface area (Å²) in [7, 11) is 1.58. The van der Waals surface area contributed by atoms with E-state index in [-0.39, 0.29) is 11.3 Å². The van der Waals surface area contributed by atoms with Gasteiger partial charge in [-0.05, 0) is 30.7 Å². The molecule has 1 aromatic rings. The van der Waals surface area contributed by atoms with E-state index in [2.05, 4.69) is 21.2 Å². The topological polar surface area (TPSA) is 38.3 Å². The predicted octanol–water partition coefficient (Wildman–Crippen LogP) is 2.74. The van der Waals surface area contributed by atoms with Gasteiger partial charge in [0.15, 0.2) is 0 Å². The van der Waals surface area contributed by atoms with Crippen LogP contribution in [0.25, 0.3) is 0 Å². The number of alkyl halides is 1. The maximum Gasteiger partial charge on any atom is 0.251 e. The smallest absolute Gasteiger partial charge is 0.251 e. The first kappa shape index (κ1) is 14.5. The van der Waals surface area contributed by atoms with Gasteiger partial charge in [-0.2, -0.15) is 0 Å². The molecule has 17 heavy (non-hydrogen) atoms. The normalized spacial score (nSPS) is 12.2. The lowest BCUT2D eigenvalue weighted by Gasteiger charge is -2.11. The second-order valence-corrected chi connectivity index (χ2v) is 5.25. The summed E-state index contributed by atoms with van der Waals surface area (Å²) in [5, 5.41) is 2.57. The van der Waals surface area contributed by atoms with Gasteiger partial charge in [0, 0.05) is 23.7 Å². The molecule has 0 bridgehead atoms. The van der Waals surface area contributed by atoms with Crippen LogP contribution in [0.15, 0.2) is 22.7 Å². The van der Waals surface area contributed by atoms with Crippen molar-refractivity contribution in [3.05, 3.63) is 33.8 Å². The van der Waals surface area contributed by atoms with Crippen LogP contribution in [0.4, 0.5) is 0 Å². The van der Waals surface area contributed by atoms with Gasteiger partial charge in [-0.3, -0.25) is 4.79 Å². The third kappa shape index (κ3) is 4.66. The third-order valence-electron chi connectivity index (χ3n) is 2.26. The monoisotopic (exact) mass is 319 g/mol. The molecule has 0 saturated heterocycles. The lowest BCUT2D eigenvalue weighted by Crippen LogP contribution is -2.32. The summed E-state index contributed by atoms with van der Waals surface area (Å²) in [4.78, 5) is 11.9. The summed E-state index contributed by atoms with van der Waals surface area (Å²) < 4.78 is 5.85. The van der Waals surface area contributed by atoms with Crippen molar-refractivity contribution >= 4 is 33.4 Å². The number of ether oxygens (including phenoxy) is 1. The molecule has 5 heteroatoms. The molecule has 1 aromatic carbocycles. The van der Waals surface area contributed by atoms with E-state index in [1.165, 1.54) is 0 Å². The van der Waals surface area contributed by atoms with Crippen molar-refractivity contribution in [1.29, 1.82) is 0 Å². The van der Waals surface area contributed by atoms with Crippen molar-refractivity contribution in [3.63, 3.8) is 0 Å². The molecule has 1 amide bonds. The van der Waals surface area contributed by atoms with Crippen LogP contribution in [0.3, 0.4) is 0 Å². The van der Waals surface area contributed by atoms with E-state index in [1.807, 2.05) is 19.1 Å². The fraction of sp³-hybridized carbons (Fsp3) is 0.417. The summed E-state index contributed by atoms with van der Waals surface area (Å²) in [6.07, 6.45) is 0. The van der Waals surface area contributed by atoms with Crippen molar-refractivity contribution in [2.24, 2.45) is 0 Å². The quantitative estimate of drug-likeness (QED) is 0.847. The van der Waals surface area contributed by atoms with Crippen LogP contribution in [-0.2, 0) is 4.74 Å². The molecule has 0 aliphatic rings. The molecule has 0 radical (unpaired) electrons. The number of aryl methyl sites for hydroxylation is 1. The second-order valence-electron chi connectivity index (χ2n) is 3.72. The minimum absolute atomic E-state index is 0.114. The number of hydrogen-bond acceptors (Lipinski definition) is 2.